The number of rotatable bonds is 6. The molecule has 9 nitrogen and oxygen atoms in total. The minimum Gasteiger partial charge on any atom is -0.479 e. The van der Waals surface area contributed by atoms with E-state index in [0.717, 1.165) is 6.07 Å². The highest BCUT2D eigenvalue weighted by atomic mass is 32.2. The molecule has 19 heavy (non-hydrogen) atoms. The second kappa shape index (κ2) is 5.69. The fourth-order valence-corrected chi connectivity index (χ4v) is 1.90. The number of sulfonamides is 1. The third kappa shape index (κ3) is 3.94. The summed E-state index contributed by atoms with van der Waals surface area (Å²) in [5.41, 5.74) is -0.622. The molecule has 0 amide bonds. The number of carboxylic acids is 1. The number of nitrogens with one attached hydrogen (secondary N) is 1. The lowest BCUT2D eigenvalue weighted by molar-refractivity contribution is -0.385. The molecule has 1 aromatic carbocycles. The molecular formula is C8H7FN2O7S. The Morgan fingerprint density at radius 2 is 2.16 bits per heavy atom. The molecule has 0 unspecified atom stereocenters. The van der Waals surface area contributed by atoms with Gasteiger partial charge in [-0.2, -0.15) is 0 Å². The van der Waals surface area contributed by atoms with Crippen LogP contribution in [-0.4, -0.2) is 31.0 Å². The third-order valence-electron chi connectivity index (χ3n) is 1.78. The first kappa shape index (κ1) is 14.9. The first-order chi connectivity index (χ1) is 8.74. The first-order valence-corrected chi connectivity index (χ1v) is 6.01. The van der Waals surface area contributed by atoms with Gasteiger partial charge in [0, 0.05) is 6.07 Å². The maximum Gasteiger partial charge on any atom is 0.331 e. The monoisotopic (exact) mass is 294 g/mol. The maximum absolute atomic E-state index is 13.4. The van der Waals surface area contributed by atoms with Crippen LogP contribution in [0.4, 0.5) is 10.1 Å². The van der Waals surface area contributed by atoms with Gasteiger partial charge in [0.05, 0.1) is 11.0 Å². The van der Waals surface area contributed by atoms with Gasteiger partial charge in [-0.25, -0.2) is 17.6 Å². The predicted molar refractivity (Wildman–Crippen MR) is 57.0 cm³/mol. The van der Waals surface area contributed by atoms with Gasteiger partial charge in [0.25, 0.3) is 15.7 Å². The number of benzene rings is 1. The lowest BCUT2D eigenvalue weighted by Gasteiger charge is -2.06. The van der Waals surface area contributed by atoms with Crippen molar-refractivity contribution in [2.75, 3.05) is 6.61 Å². The molecule has 0 atom stereocenters. The van der Waals surface area contributed by atoms with E-state index in [2.05, 4.69) is 4.84 Å². The van der Waals surface area contributed by atoms with Gasteiger partial charge >= 0.3 is 5.97 Å². The zero-order valence-electron chi connectivity index (χ0n) is 9.07. The van der Waals surface area contributed by atoms with E-state index in [1.807, 2.05) is 0 Å². The summed E-state index contributed by atoms with van der Waals surface area (Å²) in [7, 11) is -4.46. The Kier molecular flexibility index (Phi) is 4.47. The summed E-state index contributed by atoms with van der Waals surface area (Å²) >= 11 is 0. The van der Waals surface area contributed by atoms with Crippen LogP contribution >= 0.6 is 0 Å². The van der Waals surface area contributed by atoms with Gasteiger partial charge < -0.3 is 5.11 Å². The summed E-state index contributed by atoms with van der Waals surface area (Å²) in [6, 6.07) is 1.88. The predicted octanol–water partition coefficient (Wildman–Crippen LogP) is 0.0284. The van der Waals surface area contributed by atoms with Crippen LogP contribution in [0.25, 0.3) is 0 Å². The van der Waals surface area contributed by atoms with Crippen molar-refractivity contribution in [2.45, 2.75) is 4.90 Å². The zero-order valence-corrected chi connectivity index (χ0v) is 9.89. The van der Waals surface area contributed by atoms with Crippen LogP contribution in [0.3, 0.4) is 0 Å². The number of aliphatic carboxylic acids is 1. The lowest BCUT2D eigenvalue weighted by Crippen LogP contribution is -2.27. The molecule has 0 heterocycles. The Hall–Kier alpha value is -2.11. The summed E-state index contributed by atoms with van der Waals surface area (Å²) in [4.78, 5) is 24.1. The molecule has 0 saturated heterocycles. The summed E-state index contributed by atoms with van der Waals surface area (Å²) in [6.07, 6.45) is 0. The standard InChI is InChI=1S/C8H7FN2O7S/c9-6-3-5(11(14)15)1-2-7(6)19(16,17)10-18-4-8(12)13/h1-3,10H,4H2,(H,12,13). The van der Waals surface area contributed by atoms with E-state index in [1.54, 1.807) is 0 Å². The van der Waals surface area contributed by atoms with Gasteiger partial charge in [-0.15, -0.1) is 0 Å². The van der Waals surface area contributed by atoms with Crippen LogP contribution < -0.4 is 4.89 Å². The van der Waals surface area contributed by atoms with Gasteiger partial charge in [-0.3, -0.25) is 15.0 Å². The van der Waals surface area contributed by atoms with Gasteiger partial charge in [0.2, 0.25) is 0 Å². The average molecular weight is 294 g/mol. The minimum atomic E-state index is -4.46. The second-order valence-corrected chi connectivity index (χ2v) is 4.75. The maximum atomic E-state index is 13.4. The number of nitro benzene ring substituents is 1. The average Bonchev–Trinajstić information content (AvgIpc) is 2.27. The number of hydrogen-bond donors (Lipinski definition) is 2. The summed E-state index contributed by atoms with van der Waals surface area (Å²) in [6.45, 7) is -0.964. The molecular weight excluding hydrogens is 287 g/mol. The van der Waals surface area contributed by atoms with Crippen molar-refractivity contribution in [3.8, 4) is 0 Å². The van der Waals surface area contributed by atoms with Crippen molar-refractivity contribution in [2.24, 2.45) is 0 Å². The Morgan fingerprint density at radius 3 is 2.63 bits per heavy atom. The van der Waals surface area contributed by atoms with Crippen molar-refractivity contribution >= 4 is 21.7 Å². The van der Waals surface area contributed by atoms with Gasteiger partial charge in [-0.05, 0) is 6.07 Å². The number of halogens is 1. The highest BCUT2D eigenvalue weighted by molar-refractivity contribution is 7.89. The number of non-ortho nitro benzene ring substituents is 1. The van der Waals surface area contributed by atoms with E-state index < -0.39 is 43.9 Å². The van der Waals surface area contributed by atoms with Crippen LogP contribution in [-0.2, 0) is 19.7 Å². The molecule has 0 aliphatic heterocycles. The Balaban J connectivity index is 2.96. The Bertz CT molecular complexity index is 616. The SMILES string of the molecule is O=C(O)CONS(=O)(=O)c1ccc([N+](=O)[O-])cc1F. The molecule has 0 spiro atoms. The first-order valence-electron chi connectivity index (χ1n) is 4.53. The molecule has 0 bridgehead atoms. The fourth-order valence-electron chi connectivity index (χ4n) is 1.03. The van der Waals surface area contributed by atoms with Gasteiger partial charge in [0.15, 0.2) is 6.61 Å². The van der Waals surface area contributed by atoms with Crippen molar-refractivity contribution in [3.63, 3.8) is 0 Å². The van der Waals surface area contributed by atoms with Crippen LogP contribution in [0.15, 0.2) is 23.1 Å². The third-order valence-corrected chi connectivity index (χ3v) is 3.03. The highest BCUT2D eigenvalue weighted by Gasteiger charge is 2.22. The Morgan fingerprint density at radius 1 is 1.53 bits per heavy atom. The van der Waals surface area contributed by atoms with Gasteiger partial charge in [-0.1, -0.05) is 4.89 Å². The number of carbonyl (C=O) groups is 1. The summed E-state index contributed by atoms with van der Waals surface area (Å²) < 4.78 is 36.3. The van der Waals surface area contributed by atoms with E-state index in [9.17, 15) is 27.7 Å². The topological polar surface area (TPSA) is 136 Å². The smallest absolute Gasteiger partial charge is 0.331 e. The van der Waals surface area contributed by atoms with E-state index in [1.165, 1.54) is 4.89 Å². The lowest BCUT2D eigenvalue weighted by atomic mass is 10.3. The van der Waals surface area contributed by atoms with Crippen molar-refractivity contribution in [3.05, 3.63) is 34.1 Å². The van der Waals surface area contributed by atoms with Gasteiger partial charge in [0.1, 0.15) is 10.7 Å². The molecule has 0 saturated carbocycles. The van der Waals surface area contributed by atoms with Crippen molar-refractivity contribution in [1.82, 2.24) is 4.89 Å². The van der Waals surface area contributed by atoms with E-state index in [4.69, 9.17) is 5.11 Å². The van der Waals surface area contributed by atoms with Crippen LogP contribution in [0, 0.1) is 15.9 Å². The van der Waals surface area contributed by atoms with E-state index in [0.29, 0.717) is 12.1 Å². The molecule has 1 rings (SSSR count). The molecule has 1 aromatic rings. The number of hydrogen-bond acceptors (Lipinski definition) is 6. The van der Waals surface area contributed by atoms with Crippen LogP contribution in [0.2, 0.25) is 0 Å². The quantitative estimate of drug-likeness (QED) is 0.557. The van der Waals surface area contributed by atoms with E-state index >= 15 is 0 Å². The van der Waals surface area contributed by atoms with E-state index in [-0.39, 0.29) is 0 Å². The zero-order chi connectivity index (χ0) is 14.6. The Labute approximate surface area is 105 Å². The summed E-state index contributed by atoms with van der Waals surface area (Å²) in [5, 5.41) is 18.6. The largest absolute Gasteiger partial charge is 0.479 e. The molecule has 0 aliphatic rings. The number of nitrogens with zero attached hydrogens (tertiary/aromatic N) is 1. The van der Waals surface area contributed by atoms with Crippen molar-refractivity contribution in [1.29, 1.82) is 0 Å². The minimum absolute atomic E-state index is 0.422. The fraction of sp³-hybridized carbons (Fsp3) is 0.125. The molecule has 2 N–H and O–H groups in total. The number of carboxylic acid groups (broad SMARTS) is 1. The molecule has 0 fully saturated rings. The molecule has 0 aromatic heterocycles. The highest BCUT2D eigenvalue weighted by Crippen LogP contribution is 2.20. The molecule has 104 valence electrons. The van der Waals surface area contributed by atoms with Crippen LogP contribution in [0.5, 0.6) is 0 Å². The summed E-state index contributed by atoms with van der Waals surface area (Å²) in [5.74, 6) is -2.80. The second-order valence-electron chi connectivity index (χ2n) is 3.14. The van der Waals surface area contributed by atoms with Crippen molar-refractivity contribution < 1.29 is 32.5 Å². The molecule has 0 radical (unpaired) electrons. The molecule has 11 heteroatoms. The number of nitro groups is 1. The molecule has 0 aliphatic carbocycles. The normalized spacial score (nSPS) is 11.2. The van der Waals surface area contributed by atoms with Crippen LogP contribution in [0.1, 0.15) is 0 Å².